The number of hydrazine groups is 1. The summed E-state index contributed by atoms with van der Waals surface area (Å²) in [5.41, 5.74) is 9.92. The van der Waals surface area contributed by atoms with Gasteiger partial charge in [0, 0.05) is 24.8 Å². The highest BCUT2D eigenvalue weighted by Crippen LogP contribution is 2.27. The molecule has 3 aromatic heterocycles. The minimum absolute atomic E-state index is 0.102. The molecule has 1 aliphatic rings. The van der Waals surface area contributed by atoms with Crippen LogP contribution in [0.25, 0.3) is 16.7 Å². The van der Waals surface area contributed by atoms with Crippen LogP contribution in [-0.4, -0.2) is 44.1 Å². The molecule has 4 aromatic rings. The van der Waals surface area contributed by atoms with Crippen LogP contribution in [0.5, 0.6) is 0 Å². The molecule has 1 aromatic carbocycles. The van der Waals surface area contributed by atoms with Gasteiger partial charge in [0.2, 0.25) is 0 Å². The average molecular weight is 427 g/mol. The molecule has 0 bridgehead atoms. The van der Waals surface area contributed by atoms with Crippen molar-refractivity contribution in [3.8, 4) is 11.9 Å². The molecule has 0 aliphatic carbocycles. The number of aromatic nitrogens is 5. The van der Waals surface area contributed by atoms with E-state index < -0.39 is 0 Å². The topological polar surface area (TPSA) is 126 Å². The zero-order valence-electron chi connectivity index (χ0n) is 17.5. The van der Waals surface area contributed by atoms with E-state index in [0.29, 0.717) is 17.2 Å². The van der Waals surface area contributed by atoms with E-state index in [0.717, 1.165) is 22.2 Å². The molecule has 32 heavy (non-hydrogen) atoms. The van der Waals surface area contributed by atoms with Crippen molar-refractivity contribution in [3.63, 3.8) is 0 Å². The molecule has 0 amide bonds. The first-order valence-corrected chi connectivity index (χ1v) is 10.1. The second kappa shape index (κ2) is 8.32. The van der Waals surface area contributed by atoms with Gasteiger partial charge in [-0.2, -0.15) is 10.4 Å². The van der Waals surface area contributed by atoms with Gasteiger partial charge in [-0.1, -0.05) is 12.1 Å². The van der Waals surface area contributed by atoms with Crippen LogP contribution in [0.3, 0.4) is 0 Å². The Morgan fingerprint density at radius 1 is 1.16 bits per heavy atom. The van der Waals surface area contributed by atoms with E-state index in [2.05, 4.69) is 42.3 Å². The van der Waals surface area contributed by atoms with Gasteiger partial charge >= 0.3 is 0 Å². The van der Waals surface area contributed by atoms with Gasteiger partial charge in [0.25, 0.3) is 0 Å². The third-order valence-electron chi connectivity index (χ3n) is 5.56. The second-order valence-corrected chi connectivity index (χ2v) is 7.47. The van der Waals surface area contributed by atoms with Crippen molar-refractivity contribution in [3.05, 3.63) is 71.9 Å². The van der Waals surface area contributed by atoms with Crippen molar-refractivity contribution in [1.29, 1.82) is 5.26 Å². The van der Waals surface area contributed by atoms with Crippen LogP contribution in [0.1, 0.15) is 22.9 Å². The fourth-order valence-corrected chi connectivity index (χ4v) is 3.96. The third kappa shape index (κ3) is 3.54. The summed E-state index contributed by atoms with van der Waals surface area (Å²) in [7, 11) is 1.67. The highest BCUT2D eigenvalue weighted by Gasteiger charge is 2.37. The molecule has 160 valence electrons. The molecule has 0 radical (unpaired) electrons. The smallest absolute Gasteiger partial charge is 0.159 e. The largest absolute Gasteiger partial charge is 0.376 e. The van der Waals surface area contributed by atoms with Gasteiger partial charge < -0.3 is 10.1 Å². The summed E-state index contributed by atoms with van der Waals surface area (Å²) in [6.07, 6.45) is 4.55. The maximum atomic E-state index is 9.03. The number of hydrogen-bond acceptors (Lipinski definition) is 9. The molecule has 0 saturated carbocycles. The summed E-state index contributed by atoms with van der Waals surface area (Å²) in [5, 5.41) is 18.0. The van der Waals surface area contributed by atoms with E-state index in [4.69, 9.17) is 10.00 Å². The quantitative estimate of drug-likeness (QED) is 0.438. The lowest BCUT2D eigenvalue weighted by Crippen LogP contribution is -2.41. The van der Waals surface area contributed by atoms with E-state index in [9.17, 15) is 0 Å². The van der Waals surface area contributed by atoms with Gasteiger partial charge in [-0.25, -0.2) is 25.5 Å². The summed E-state index contributed by atoms with van der Waals surface area (Å²) in [6.45, 7) is 1.96. The molecule has 1 fully saturated rings. The second-order valence-electron chi connectivity index (χ2n) is 7.47. The van der Waals surface area contributed by atoms with Gasteiger partial charge in [0.05, 0.1) is 35.1 Å². The predicted octanol–water partition coefficient (Wildman–Crippen LogP) is 1.99. The molecule has 0 spiro atoms. The van der Waals surface area contributed by atoms with Gasteiger partial charge in [0.1, 0.15) is 24.4 Å². The molecule has 3 atom stereocenters. The summed E-state index contributed by atoms with van der Waals surface area (Å²) >= 11 is 0. The number of nitrogens with zero attached hydrogens (tertiary/aromatic N) is 6. The van der Waals surface area contributed by atoms with Crippen molar-refractivity contribution >= 4 is 16.7 Å². The number of nitriles is 1. The number of fused-ring (bicyclic) bond motifs is 1. The van der Waals surface area contributed by atoms with Crippen LogP contribution in [0.15, 0.2) is 55.1 Å². The normalized spacial score (nSPS) is 20.3. The molecule has 5 rings (SSSR count). The number of benzene rings is 1. The van der Waals surface area contributed by atoms with Gasteiger partial charge in [0.15, 0.2) is 5.82 Å². The number of aryl methyl sites for hydroxylation is 1. The molecular formula is C22H21N9O. The lowest BCUT2D eigenvalue weighted by molar-refractivity contribution is 0.0829. The van der Waals surface area contributed by atoms with Crippen molar-refractivity contribution in [2.75, 3.05) is 12.4 Å². The number of methoxy groups -OCH3 is 1. The SMILES string of the molecule is COC1C(Nc2cc(-n3nc(C)c4ccncc43)ncn2)NNC1c1ccc(C#N)cc1. The Morgan fingerprint density at radius 2 is 2.00 bits per heavy atom. The molecule has 10 nitrogen and oxygen atoms in total. The number of pyridine rings is 1. The lowest BCUT2D eigenvalue weighted by Gasteiger charge is -2.23. The van der Waals surface area contributed by atoms with E-state index in [1.807, 2.05) is 31.2 Å². The van der Waals surface area contributed by atoms with Crippen LogP contribution in [0.2, 0.25) is 0 Å². The number of hydrogen-bond donors (Lipinski definition) is 3. The Labute approximate surface area is 184 Å². The number of rotatable bonds is 5. The van der Waals surface area contributed by atoms with Crippen LogP contribution in [0, 0.1) is 18.3 Å². The van der Waals surface area contributed by atoms with Crippen molar-refractivity contribution in [1.82, 2.24) is 35.6 Å². The first-order chi connectivity index (χ1) is 15.7. The minimum Gasteiger partial charge on any atom is -0.376 e. The Bertz CT molecular complexity index is 1300. The fraction of sp³-hybridized carbons (Fsp3) is 0.227. The maximum Gasteiger partial charge on any atom is 0.159 e. The maximum absolute atomic E-state index is 9.03. The van der Waals surface area contributed by atoms with Crippen molar-refractivity contribution < 1.29 is 4.74 Å². The lowest BCUT2D eigenvalue weighted by atomic mass is 10.0. The van der Waals surface area contributed by atoms with Crippen LogP contribution in [-0.2, 0) is 4.74 Å². The monoisotopic (exact) mass is 427 g/mol. The van der Waals surface area contributed by atoms with Crippen LogP contribution < -0.4 is 16.2 Å². The number of ether oxygens (including phenoxy) is 1. The van der Waals surface area contributed by atoms with Crippen molar-refractivity contribution in [2.45, 2.75) is 25.2 Å². The Kier molecular flexibility index (Phi) is 5.20. The van der Waals surface area contributed by atoms with E-state index >= 15 is 0 Å². The third-order valence-corrected chi connectivity index (χ3v) is 5.56. The summed E-state index contributed by atoms with van der Waals surface area (Å²) in [6, 6.07) is 13.3. The Hall–Kier alpha value is -3.91. The molecule has 1 saturated heterocycles. The van der Waals surface area contributed by atoms with Gasteiger partial charge in [-0.05, 0) is 30.7 Å². The summed E-state index contributed by atoms with van der Waals surface area (Å²) in [4.78, 5) is 13.0. The van der Waals surface area contributed by atoms with E-state index in [1.54, 1.807) is 36.3 Å². The average Bonchev–Trinajstić information content (AvgIpc) is 3.40. The zero-order chi connectivity index (χ0) is 22.1. The Balaban J connectivity index is 1.39. The summed E-state index contributed by atoms with van der Waals surface area (Å²) in [5.74, 6) is 1.26. The number of nitrogens with one attached hydrogen (secondary N) is 3. The van der Waals surface area contributed by atoms with Gasteiger partial charge in [-0.3, -0.25) is 4.98 Å². The Morgan fingerprint density at radius 3 is 2.78 bits per heavy atom. The highest BCUT2D eigenvalue weighted by atomic mass is 16.5. The molecule has 10 heteroatoms. The molecule has 3 N–H and O–H groups in total. The van der Waals surface area contributed by atoms with Gasteiger partial charge in [-0.15, -0.1) is 0 Å². The van der Waals surface area contributed by atoms with Crippen molar-refractivity contribution in [2.24, 2.45) is 0 Å². The molecule has 4 heterocycles. The molecule has 1 aliphatic heterocycles. The zero-order valence-corrected chi connectivity index (χ0v) is 17.5. The standard InChI is InChI=1S/C22H21N9O/c1-13-16-7-8-24-11-17(16)31(30-13)19-9-18(25-12-26-19)27-22-21(32-2)20(28-29-22)15-5-3-14(10-23)4-6-15/h3-9,11-12,20-22,28-29H,1-2H3,(H,25,26,27). The molecule has 3 unspecified atom stereocenters. The fourth-order valence-electron chi connectivity index (χ4n) is 3.96. The highest BCUT2D eigenvalue weighted by molar-refractivity contribution is 5.82. The first kappa shape index (κ1) is 20.0. The van der Waals surface area contributed by atoms with E-state index in [-0.39, 0.29) is 18.3 Å². The minimum atomic E-state index is -0.249. The van der Waals surface area contributed by atoms with Crippen LogP contribution in [0.4, 0.5) is 5.82 Å². The number of anilines is 1. The van der Waals surface area contributed by atoms with Crippen LogP contribution >= 0.6 is 0 Å². The van der Waals surface area contributed by atoms with E-state index in [1.165, 1.54) is 6.33 Å². The molecular weight excluding hydrogens is 406 g/mol. The predicted molar refractivity (Wildman–Crippen MR) is 118 cm³/mol. The summed E-state index contributed by atoms with van der Waals surface area (Å²) < 4.78 is 7.54. The first-order valence-electron chi connectivity index (χ1n) is 10.1.